The first-order valence-electron chi connectivity index (χ1n) is 10.4. The highest BCUT2D eigenvalue weighted by Crippen LogP contribution is 2.20. The molecule has 33 heavy (non-hydrogen) atoms. The number of carboxylic acids is 1. The van der Waals surface area contributed by atoms with Crippen LogP contribution in [-0.2, 0) is 11.2 Å². The Morgan fingerprint density at radius 2 is 1.67 bits per heavy atom. The van der Waals surface area contributed by atoms with Crippen molar-refractivity contribution in [3.63, 3.8) is 0 Å². The van der Waals surface area contributed by atoms with Gasteiger partial charge in [-0.2, -0.15) is 0 Å². The molecule has 7 nitrogen and oxygen atoms in total. The maximum absolute atomic E-state index is 11.7. The second-order valence-corrected chi connectivity index (χ2v) is 7.27. The van der Waals surface area contributed by atoms with Gasteiger partial charge in [0, 0.05) is 18.1 Å². The molecule has 2 N–H and O–H groups in total. The fourth-order valence-corrected chi connectivity index (χ4v) is 3.19. The molecule has 7 heteroatoms. The van der Waals surface area contributed by atoms with Gasteiger partial charge in [-0.3, -0.25) is 0 Å². The highest BCUT2D eigenvalue weighted by Gasteiger charge is 2.18. The van der Waals surface area contributed by atoms with Crippen molar-refractivity contribution in [2.45, 2.75) is 12.5 Å². The highest BCUT2D eigenvalue weighted by molar-refractivity contribution is 5.81. The first kappa shape index (κ1) is 21.7. The number of oxime groups is 1. The minimum atomic E-state index is -0.944. The van der Waals surface area contributed by atoms with Gasteiger partial charge in [-0.1, -0.05) is 78.0 Å². The van der Waals surface area contributed by atoms with Crippen molar-refractivity contribution in [2.24, 2.45) is 5.16 Å². The number of aliphatic carboxylic acids is 1. The molecule has 0 amide bonds. The molecule has 0 aliphatic rings. The Bertz CT molecular complexity index is 1210. The van der Waals surface area contributed by atoms with Crippen molar-refractivity contribution < 1.29 is 14.7 Å². The summed E-state index contributed by atoms with van der Waals surface area (Å²) < 4.78 is 0. The van der Waals surface area contributed by atoms with E-state index < -0.39 is 12.0 Å². The topological polar surface area (TPSA) is 96.7 Å². The number of para-hydroxylation sites is 1. The molecule has 0 bridgehead atoms. The molecular formula is C26H22N4O3. The fraction of sp³-hybridized carbons (Fsp3) is 0.0769. The Kier molecular flexibility index (Phi) is 7.02. The molecule has 1 heterocycles. The second kappa shape index (κ2) is 10.7. The molecule has 0 spiro atoms. The average molecular weight is 438 g/mol. The number of rotatable bonds is 9. The highest BCUT2D eigenvalue weighted by atomic mass is 16.6. The lowest BCUT2D eigenvalue weighted by atomic mass is 10.1. The molecule has 0 saturated heterocycles. The van der Waals surface area contributed by atoms with Crippen LogP contribution < -0.4 is 10.2 Å². The van der Waals surface area contributed by atoms with Gasteiger partial charge in [0.15, 0.2) is 5.75 Å². The minimum absolute atomic E-state index is 0.342. The lowest BCUT2D eigenvalue weighted by Crippen LogP contribution is -2.31. The third-order valence-corrected chi connectivity index (χ3v) is 4.88. The number of carboxylic acid groups (broad SMARTS) is 1. The first-order chi connectivity index (χ1) is 16.2. The van der Waals surface area contributed by atoms with Crippen LogP contribution >= 0.6 is 0 Å². The van der Waals surface area contributed by atoms with E-state index in [0.717, 1.165) is 16.7 Å². The van der Waals surface area contributed by atoms with Crippen LogP contribution in [0.2, 0.25) is 0 Å². The largest absolute Gasteiger partial charge is 0.480 e. The monoisotopic (exact) mass is 438 g/mol. The molecule has 1 atom stereocenters. The quantitative estimate of drug-likeness (QED) is 0.291. The summed E-state index contributed by atoms with van der Waals surface area (Å²) in [6, 6.07) is 27.4. The van der Waals surface area contributed by atoms with Gasteiger partial charge in [-0.05, 0) is 23.3 Å². The molecule has 1 aromatic heterocycles. The van der Waals surface area contributed by atoms with Crippen LogP contribution in [0, 0.1) is 0 Å². The minimum Gasteiger partial charge on any atom is -0.480 e. The summed E-state index contributed by atoms with van der Waals surface area (Å²) in [4.78, 5) is 25.6. The van der Waals surface area contributed by atoms with Gasteiger partial charge >= 0.3 is 5.97 Å². The number of benzene rings is 3. The van der Waals surface area contributed by atoms with Gasteiger partial charge in [-0.25, -0.2) is 14.8 Å². The van der Waals surface area contributed by atoms with E-state index >= 15 is 0 Å². The maximum atomic E-state index is 11.7. The second-order valence-electron chi connectivity index (χ2n) is 7.27. The van der Waals surface area contributed by atoms with E-state index in [1.807, 2.05) is 84.9 Å². The number of hydrogen-bond acceptors (Lipinski definition) is 6. The van der Waals surface area contributed by atoms with E-state index in [0.29, 0.717) is 23.7 Å². The Morgan fingerprint density at radius 1 is 0.970 bits per heavy atom. The van der Waals surface area contributed by atoms with Gasteiger partial charge in [0.2, 0.25) is 0 Å². The van der Waals surface area contributed by atoms with Gasteiger partial charge in [0.1, 0.15) is 18.2 Å². The normalized spacial score (nSPS) is 11.8. The average Bonchev–Trinajstić information content (AvgIpc) is 2.85. The lowest BCUT2D eigenvalue weighted by molar-refractivity contribution is -0.137. The smallest absolute Gasteiger partial charge is 0.326 e. The van der Waals surface area contributed by atoms with Crippen LogP contribution in [0.1, 0.15) is 11.1 Å². The SMILES string of the molecule is O=C(O)C(Cc1ccccc1)Nc1cc(-c2ccc(/C=N/Oc3ccccc3)cc2)ncn1. The molecule has 0 saturated carbocycles. The molecule has 0 aliphatic carbocycles. The van der Waals surface area contributed by atoms with E-state index in [1.165, 1.54) is 6.33 Å². The van der Waals surface area contributed by atoms with Crippen molar-refractivity contribution in [1.29, 1.82) is 0 Å². The Morgan fingerprint density at radius 3 is 2.36 bits per heavy atom. The Balaban J connectivity index is 1.43. The molecule has 4 aromatic rings. The van der Waals surface area contributed by atoms with Gasteiger partial charge in [0.25, 0.3) is 0 Å². The summed E-state index contributed by atoms with van der Waals surface area (Å²) in [5, 5.41) is 16.6. The number of nitrogens with one attached hydrogen (secondary N) is 1. The van der Waals surface area contributed by atoms with E-state index in [1.54, 1.807) is 12.3 Å². The number of nitrogens with zero attached hydrogens (tertiary/aromatic N) is 3. The van der Waals surface area contributed by atoms with E-state index in [2.05, 4.69) is 20.4 Å². The van der Waals surface area contributed by atoms with E-state index in [-0.39, 0.29) is 0 Å². The van der Waals surface area contributed by atoms with Gasteiger partial charge < -0.3 is 15.3 Å². The molecule has 0 aliphatic heterocycles. The maximum Gasteiger partial charge on any atom is 0.326 e. The zero-order chi connectivity index (χ0) is 22.9. The van der Waals surface area contributed by atoms with Gasteiger partial charge in [-0.15, -0.1) is 0 Å². The summed E-state index contributed by atoms with van der Waals surface area (Å²) in [7, 11) is 0. The standard InChI is InChI=1S/C26H22N4O3/c31-26(32)24(15-19-7-3-1-4-8-19)30-25-16-23(27-18-28-25)21-13-11-20(12-14-21)17-29-33-22-9-5-2-6-10-22/h1-14,16-18,24H,15H2,(H,31,32)(H,27,28,30)/b29-17+. The van der Waals surface area contributed by atoms with Crippen molar-refractivity contribution in [2.75, 3.05) is 5.32 Å². The number of carbonyl (C=O) groups is 1. The van der Waals surface area contributed by atoms with Crippen LogP contribution in [0.25, 0.3) is 11.3 Å². The van der Waals surface area contributed by atoms with Crippen molar-refractivity contribution >= 4 is 18.0 Å². The van der Waals surface area contributed by atoms with Crippen LogP contribution in [0.5, 0.6) is 5.75 Å². The molecule has 0 fully saturated rings. The predicted molar refractivity (Wildman–Crippen MR) is 127 cm³/mol. The Hall–Kier alpha value is -4.52. The molecule has 3 aromatic carbocycles. The van der Waals surface area contributed by atoms with Crippen molar-refractivity contribution in [3.8, 4) is 17.0 Å². The zero-order valence-corrected chi connectivity index (χ0v) is 17.7. The van der Waals surface area contributed by atoms with Crippen LogP contribution in [-0.4, -0.2) is 33.3 Å². The summed E-state index contributed by atoms with van der Waals surface area (Å²) in [5.74, 6) is 0.170. The lowest BCUT2D eigenvalue weighted by Gasteiger charge is -2.15. The number of hydrogen-bond donors (Lipinski definition) is 2. The van der Waals surface area contributed by atoms with E-state index in [4.69, 9.17) is 4.84 Å². The molecule has 4 rings (SSSR count). The third kappa shape index (κ3) is 6.24. The van der Waals surface area contributed by atoms with Gasteiger partial charge in [0.05, 0.1) is 11.9 Å². The fourth-order valence-electron chi connectivity index (χ4n) is 3.19. The van der Waals surface area contributed by atoms with E-state index in [9.17, 15) is 9.90 Å². The molecule has 1 unspecified atom stereocenters. The summed E-state index contributed by atoms with van der Waals surface area (Å²) in [6.45, 7) is 0. The number of anilines is 1. The zero-order valence-electron chi connectivity index (χ0n) is 17.7. The van der Waals surface area contributed by atoms with Crippen molar-refractivity contribution in [3.05, 3.63) is 108 Å². The third-order valence-electron chi connectivity index (χ3n) is 4.88. The number of aromatic nitrogens is 2. The molecule has 164 valence electrons. The Labute approximate surface area is 191 Å². The van der Waals surface area contributed by atoms with Crippen molar-refractivity contribution in [1.82, 2.24) is 9.97 Å². The van der Waals surface area contributed by atoms with Crippen LogP contribution in [0.4, 0.5) is 5.82 Å². The predicted octanol–water partition coefficient (Wildman–Crippen LogP) is 4.66. The summed E-state index contributed by atoms with van der Waals surface area (Å²) in [6.07, 6.45) is 3.39. The van der Waals surface area contributed by atoms with Crippen LogP contribution in [0.3, 0.4) is 0 Å². The summed E-state index contributed by atoms with van der Waals surface area (Å²) in [5.41, 5.74) is 3.35. The van der Waals surface area contributed by atoms with Crippen LogP contribution in [0.15, 0.2) is 102 Å². The molecule has 0 radical (unpaired) electrons. The summed E-state index contributed by atoms with van der Waals surface area (Å²) >= 11 is 0. The first-order valence-corrected chi connectivity index (χ1v) is 10.4. The molecular weight excluding hydrogens is 416 g/mol.